The van der Waals surface area contributed by atoms with Gasteiger partial charge in [0.05, 0.1) is 6.54 Å². The number of amides is 1. The van der Waals surface area contributed by atoms with Gasteiger partial charge in [-0.15, -0.1) is 0 Å². The highest BCUT2D eigenvalue weighted by atomic mass is 16.5. The molecule has 152 valence electrons. The second kappa shape index (κ2) is 8.69. The van der Waals surface area contributed by atoms with E-state index in [1.807, 2.05) is 73.3 Å². The molecule has 0 atom stereocenters. The van der Waals surface area contributed by atoms with Crippen molar-refractivity contribution in [2.75, 3.05) is 5.32 Å². The monoisotopic (exact) mass is 401 g/mol. The van der Waals surface area contributed by atoms with Gasteiger partial charge in [0, 0.05) is 18.1 Å². The van der Waals surface area contributed by atoms with E-state index in [-0.39, 0.29) is 18.3 Å². The summed E-state index contributed by atoms with van der Waals surface area (Å²) in [5.41, 5.74) is 3.93. The molecule has 2 heterocycles. The van der Waals surface area contributed by atoms with Crippen molar-refractivity contribution in [2.24, 2.45) is 0 Å². The second-order valence-electron chi connectivity index (χ2n) is 7.18. The number of nitrogens with zero attached hydrogens (tertiary/aromatic N) is 2. The standard InChI is InChI=1S/C24H23N3O3/c1-17-7-8-18(2)23(13-17)29-16-21-9-10-22(30-21)24(28)26-20-6-3-5-19(14-20)15-27-12-4-11-25-27/h3-14H,15-16H2,1-2H3,(H,26,28). The fraction of sp³-hybridized carbons (Fsp3) is 0.167. The van der Waals surface area contributed by atoms with Gasteiger partial charge in [-0.1, -0.05) is 24.3 Å². The predicted molar refractivity (Wildman–Crippen MR) is 115 cm³/mol. The molecule has 0 fully saturated rings. The second-order valence-corrected chi connectivity index (χ2v) is 7.18. The van der Waals surface area contributed by atoms with E-state index in [1.165, 1.54) is 0 Å². The van der Waals surface area contributed by atoms with Crippen LogP contribution >= 0.6 is 0 Å². The molecule has 2 aromatic carbocycles. The van der Waals surface area contributed by atoms with Crippen LogP contribution in [0.5, 0.6) is 5.75 Å². The predicted octanol–water partition coefficient (Wildman–Crippen LogP) is 4.97. The molecule has 30 heavy (non-hydrogen) atoms. The number of furan rings is 1. The highest BCUT2D eigenvalue weighted by Gasteiger charge is 2.13. The molecule has 4 rings (SSSR count). The van der Waals surface area contributed by atoms with Gasteiger partial charge in [0.25, 0.3) is 5.91 Å². The number of hydrogen-bond donors (Lipinski definition) is 1. The molecular weight excluding hydrogens is 378 g/mol. The molecule has 0 aliphatic heterocycles. The molecule has 2 aromatic heterocycles. The lowest BCUT2D eigenvalue weighted by molar-refractivity contribution is 0.0992. The van der Waals surface area contributed by atoms with Gasteiger partial charge in [-0.2, -0.15) is 5.10 Å². The quantitative estimate of drug-likeness (QED) is 0.475. The summed E-state index contributed by atoms with van der Waals surface area (Å²) in [5.74, 6) is 1.34. The summed E-state index contributed by atoms with van der Waals surface area (Å²) in [6.45, 7) is 4.91. The number of benzene rings is 2. The number of anilines is 1. The average Bonchev–Trinajstić information content (AvgIpc) is 3.41. The van der Waals surface area contributed by atoms with Crippen LogP contribution in [0.2, 0.25) is 0 Å². The highest BCUT2D eigenvalue weighted by molar-refractivity contribution is 6.02. The van der Waals surface area contributed by atoms with E-state index in [4.69, 9.17) is 9.15 Å². The first-order valence-corrected chi connectivity index (χ1v) is 9.73. The molecule has 0 unspecified atom stereocenters. The molecule has 0 saturated carbocycles. The molecule has 0 spiro atoms. The molecule has 0 aliphatic carbocycles. The summed E-state index contributed by atoms with van der Waals surface area (Å²) in [5, 5.41) is 7.08. The van der Waals surface area contributed by atoms with Gasteiger partial charge < -0.3 is 14.5 Å². The van der Waals surface area contributed by atoms with Crippen molar-refractivity contribution in [1.82, 2.24) is 9.78 Å². The van der Waals surface area contributed by atoms with Crippen molar-refractivity contribution in [3.05, 3.63) is 101 Å². The number of carbonyl (C=O) groups is 1. The maximum atomic E-state index is 12.6. The van der Waals surface area contributed by atoms with Crippen LogP contribution in [0.25, 0.3) is 0 Å². The summed E-state index contributed by atoms with van der Waals surface area (Å²) >= 11 is 0. The summed E-state index contributed by atoms with van der Waals surface area (Å²) in [7, 11) is 0. The summed E-state index contributed by atoms with van der Waals surface area (Å²) in [6.07, 6.45) is 3.64. The zero-order valence-electron chi connectivity index (χ0n) is 17.0. The van der Waals surface area contributed by atoms with Crippen molar-refractivity contribution >= 4 is 11.6 Å². The summed E-state index contributed by atoms with van der Waals surface area (Å²) in [6, 6.07) is 19.0. The largest absolute Gasteiger partial charge is 0.485 e. The van der Waals surface area contributed by atoms with E-state index in [0.29, 0.717) is 18.0 Å². The number of aryl methyl sites for hydroxylation is 2. The third-order valence-electron chi connectivity index (χ3n) is 4.69. The molecule has 1 N–H and O–H groups in total. The first-order valence-electron chi connectivity index (χ1n) is 9.73. The average molecular weight is 401 g/mol. The van der Waals surface area contributed by atoms with E-state index in [0.717, 1.165) is 22.4 Å². The Balaban J connectivity index is 1.38. The van der Waals surface area contributed by atoms with Gasteiger partial charge in [0.1, 0.15) is 18.1 Å². The number of aromatic nitrogens is 2. The zero-order valence-corrected chi connectivity index (χ0v) is 17.0. The van der Waals surface area contributed by atoms with Crippen LogP contribution < -0.4 is 10.1 Å². The minimum absolute atomic E-state index is 0.243. The molecule has 0 saturated heterocycles. The summed E-state index contributed by atoms with van der Waals surface area (Å²) in [4.78, 5) is 12.6. The fourth-order valence-corrected chi connectivity index (χ4v) is 3.11. The van der Waals surface area contributed by atoms with Crippen molar-refractivity contribution in [1.29, 1.82) is 0 Å². The van der Waals surface area contributed by atoms with E-state index in [1.54, 1.807) is 18.3 Å². The molecule has 6 nitrogen and oxygen atoms in total. The Morgan fingerprint density at radius 2 is 2.00 bits per heavy atom. The van der Waals surface area contributed by atoms with Gasteiger partial charge in [0.15, 0.2) is 5.76 Å². The van der Waals surface area contributed by atoms with E-state index < -0.39 is 0 Å². The Hall–Kier alpha value is -3.80. The van der Waals surface area contributed by atoms with Crippen molar-refractivity contribution in [2.45, 2.75) is 27.0 Å². The Morgan fingerprint density at radius 3 is 2.83 bits per heavy atom. The smallest absolute Gasteiger partial charge is 0.291 e. The zero-order chi connectivity index (χ0) is 20.9. The number of ether oxygens (including phenoxy) is 1. The van der Waals surface area contributed by atoms with Crippen molar-refractivity contribution in [3.63, 3.8) is 0 Å². The van der Waals surface area contributed by atoms with E-state index in [9.17, 15) is 4.79 Å². The highest BCUT2D eigenvalue weighted by Crippen LogP contribution is 2.21. The Kier molecular flexibility index (Phi) is 5.66. The SMILES string of the molecule is Cc1ccc(C)c(OCc2ccc(C(=O)Nc3cccc(Cn4cccn4)c3)o2)c1. The third kappa shape index (κ3) is 4.78. The normalized spacial score (nSPS) is 10.7. The van der Waals surface area contributed by atoms with Gasteiger partial charge in [0.2, 0.25) is 0 Å². The van der Waals surface area contributed by atoms with Gasteiger partial charge in [-0.3, -0.25) is 9.48 Å². The van der Waals surface area contributed by atoms with Gasteiger partial charge in [-0.05, 0) is 66.9 Å². The Morgan fingerprint density at radius 1 is 1.10 bits per heavy atom. The van der Waals surface area contributed by atoms with Gasteiger partial charge >= 0.3 is 0 Å². The third-order valence-corrected chi connectivity index (χ3v) is 4.69. The van der Waals surface area contributed by atoms with Crippen LogP contribution in [0.1, 0.15) is 33.0 Å². The van der Waals surface area contributed by atoms with E-state index >= 15 is 0 Å². The van der Waals surface area contributed by atoms with Crippen LogP contribution in [0.4, 0.5) is 5.69 Å². The van der Waals surface area contributed by atoms with Crippen LogP contribution in [0.3, 0.4) is 0 Å². The summed E-state index contributed by atoms with van der Waals surface area (Å²) < 4.78 is 13.3. The van der Waals surface area contributed by atoms with E-state index in [2.05, 4.69) is 10.4 Å². The molecule has 0 radical (unpaired) electrons. The number of rotatable bonds is 7. The topological polar surface area (TPSA) is 69.3 Å². The lowest BCUT2D eigenvalue weighted by Crippen LogP contribution is -2.11. The van der Waals surface area contributed by atoms with Crippen LogP contribution in [-0.4, -0.2) is 15.7 Å². The first-order chi connectivity index (χ1) is 14.6. The number of hydrogen-bond acceptors (Lipinski definition) is 4. The molecular formula is C24H23N3O3. The van der Waals surface area contributed by atoms with Crippen LogP contribution in [0, 0.1) is 13.8 Å². The lowest BCUT2D eigenvalue weighted by atomic mass is 10.1. The Bertz CT molecular complexity index is 1150. The number of nitrogens with one attached hydrogen (secondary N) is 1. The van der Waals surface area contributed by atoms with Gasteiger partial charge in [-0.25, -0.2) is 0 Å². The lowest BCUT2D eigenvalue weighted by Gasteiger charge is -2.08. The molecule has 4 aromatic rings. The molecule has 6 heteroatoms. The molecule has 0 aliphatic rings. The van der Waals surface area contributed by atoms with Crippen LogP contribution in [0.15, 0.2) is 77.5 Å². The number of carbonyl (C=O) groups excluding carboxylic acids is 1. The fourth-order valence-electron chi connectivity index (χ4n) is 3.11. The molecule has 0 bridgehead atoms. The minimum Gasteiger partial charge on any atom is -0.485 e. The van der Waals surface area contributed by atoms with Crippen molar-refractivity contribution < 1.29 is 13.9 Å². The minimum atomic E-state index is -0.302. The van der Waals surface area contributed by atoms with Crippen LogP contribution in [-0.2, 0) is 13.2 Å². The maximum Gasteiger partial charge on any atom is 0.291 e. The first kappa shape index (κ1) is 19.5. The Labute approximate surface area is 175 Å². The maximum absolute atomic E-state index is 12.6. The van der Waals surface area contributed by atoms with Crippen molar-refractivity contribution in [3.8, 4) is 5.75 Å². The molecule has 1 amide bonds.